The van der Waals surface area contributed by atoms with Gasteiger partial charge in [0.1, 0.15) is 0 Å². The highest BCUT2D eigenvalue weighted by Crippen LogP contribution is 2.00. The van der Waals surface area contributed by atoms with Gasteiger partial charge in [0, 0.05) is 6.42 Å². The van der Waals surface area contributed by atoms with E-state index in [0.29, 0.717) is 0 Å². The summed E-state index contributed by atoms with van der Waals surface area (Å²) in [7, 11) is 2.19. The second-order valence-corrected chi connectivity index (χ2v) is 3.04. The summed E-state index contributed by atoms with van der Waals surface area (Å²) in [4.78, 5) is 1.56. The van der Waals surface area contributed by atoms with Crippen molar-refractivity contribution in [2.45, 2.75) is 25.4 Å². The monoisotopic (exact) mass is 130 g/mol. The van der Waals surface area contributed by atoms with E-state index in [1.807, 2.05) is 0 Å². The first-order valence-corrected chi connectivity index (χ1v) is 3.78. The Morgan fingerprint density at radius 2 is 2.11 bits per heavy atom. The molecule has 0 aromatic rings. The summed E-state index contributed by atoms with van der Waals surface area (Å²) in [5.74, 6) is 0. The van der Waals surface area contributed by atoms with Crippen LogP contribution in [0.5, 0.6) is 0 Å². The van der Waals surface area contributed by atoms with Gasteiger partial charge in [-0.05, 0) is 12.8 Å². The lowest BCUT2D eigenvalue weighted by atomic mass is 10.2. The highest BCUT2D eigenvalue weighted by Gasteiger charge is 2.13. The summed E-state index contributed by atoms with van der Waals surface area (Å²) >= 11 is 0. The maximum atomic E-state index is 9.19. The van der Waals surface area contributed by atoms with Gasteiger partial charge in [-0.3, -0.25) is 0 Å². The van der Waals surface area contributed by atoms with Crippen LogP contribution in [0.25, 0.3) is 0 Å². The van der Waals surface area contributed by atoms with Crippen LogP contribution in [0, 0.1) is 0 Å². The quantitative estimate of drug-likeness (QED) is 0.434. The Morgan fingerprint density at radius 1 is 1.33 bits per heavy atom. The van der Waals surface area contributed by atoms with Crippen LogP contribution >= 0.6 is 0 Å². The molecule has 1 saturated heterocycles. The van der Waals surface area contributed by atoms with Crippen LogP contribution in [0.3, 0.4) is 0 Å². The topological polar surface area (TPSA) is 24.7 Å². The van der Waals surface area contributed by atoms with Crippen LogP contribution in [0.1, 0.15) is 19.3 Å². The van der Waals surface area contributed by atoms with Crippen molar-refractivity contribution in [3.8, 4) is 0 Å². The molecule has 2 heteroatoms. The SMILES string of the molecule is C[NH+]1CCC[C@@H](O)CC1. The molecule has 0 radical (unpaired) electrons. The molecule has 9 heavy (non-hydrogen) atoms. The number of aliphatic hydroxyl groups is 1. The van der Waals surface area contributed by atoms with Crippen LogP contribution in [-0.2, 0) is 0 Å². The average molecular weight is 130 g/mol. The third kappa shape index (κ3) is 2.33. The van der Waals surface area contributed by atoms with Crippen LogP contribution in [0.4, 0.5) is 0 Å². The van der Waals surface area contributed by atoms with Crippen LogP contribution < -0.4 is 4.90 Å². The van der Waals surface area contributed by atoms with E-state index in [-0.39, 0.29) is 6.10 Å². The van der Waals surface area contributed by atoms with Gasteiger partial charge in [-0.1, -0.05) is 0 Å². The largest absolute Gasteiger partial charge is 0.393 e. The lowest BCUT2D eigenvalue weighted by molar-refractivity contribution is -0.878. The van der Waals surface area contributed by atoms with Crippen molar-refractivity contribution in [3.63, 3.8) is 0 Å². The molecule has 0 spiro atoms. The predicted octanol–water partition coefficient (Wildman–Crippen LogP) is -0.954. The predicted molar refractivity (Wildman–Crippen MR) is 36.5 cm³/mol. The normalized spacial score (nSPS) is 38.0. The maximum absolute atomic E-state index is 9.19. The van der Waals surface area contributed by atoms with Gasteiger partial charge in [0.2, 0.25) is 0 Å². The molecule has 0 aromatic carbocycles. The minimum atomic E-state index is -0.0116. The molecule has 1 heterocycles. The van der Waals surface area contributed by atoms with Crippen molar-refractivity contribution in [1.29, 1.82) is 0 Å². The summed E-state index contributed by atoms with van der Waals surface area (Å²) in [5.41, 5.74) is 0. The summed E-state index contributed by atoms with van der Waals surface area (Å²) in [6.45, 7) is 2.37. The third-order valence-electron chi connectivity index (χ3n) is 2.05. The molecule has 1 aliphatic heterocycles. The Labute approximate surface area is 56.5 Å². The summed E-state index contributed by atoms with van der Waals surface area (Å²) in [6, 6.07) is 0. The van der Waals surface area contributed by atoms with E-state index < -0.39 is 0 Å². The zero-order chi connectivity index (χ0) is 6.69. The van der Waals surface area contributed by atoms with Crippen molar-refractivity contribution in [3.05, 3.63) is 0 Å². The Morgan fingerprint density at radius 3 is 2.89 bits per heavy atom. The molecule has 1 fully saturated rings. The Bertz CT molecular complexity index is 75.0. The van der Waals surface area contributed by atoms with Gasteiger partial charge in [-0.15, -0.1) is 0 Å². The number of rotatable bonds is 0. The number of hydrogen-bond donors (Lipinski definition) is 2. The van der Waals surface area contributed by atoms with Crippen molar-refractivity contribution in [2.24, 2.45) is 0 Å². The highest BCUT2D eigenvalue weighted by atomic mass is 16.3. The lowest BCUT2D eigenvalue weighted by Gasteiger charge is -2.08. The Kier molecular flexibility index (Phi) is 2.49. The fourth-order valence-electron chi connectivity index (χ4n) is 1.32. The third-order valence-corrected chi connectivity index (χ3v) is 2.05. The molecule has 1 aliphatic rings. The van der Waals surface area contributed by atoms with E-state index >= 15 is 0 Å². The summed E-state index contributed by atoms with van der Waals surface area (Å²) in [5, 5.41) is 9.19. The van der Waals surface area contributed by atoms with E-state index in [1.54, 1.807) is 4.90 Å². The average Bonchev–Trinajstić information content (AvgIpc) is 1.97. The fraction of sp³-hybridized carbons (Fsp3) is 1.00. The zero-order valence-electron chi connectivity index (χ0n) is 6.06. The number of quaternary nitrogens is 1. The van der Waals surface area contributed by atoms with Crippen LogP contribution in [-0.4, -0.2) is 31.3 Å². The molecule has 2 N–H and O–H groups in total. The molecule has 0 bridgehead atoms. The molecule has 1 rings (SSSR count). The first-order valence-electron chi connectivity index (χ1n) is 3.78. The van der Waals surface area contributed by atoms with Gasteiger partial charge < -0.3 is 10.0 Å². The standard InChI is InChI=1S/C7H15NO/c1-8-5-2-3-7(9)4-6-8/h7,9H,2-6H2,1H3/p+1/t7-/m1/s1. The zero-order valence-corrected chi connectivity index (χ0v) is 6.06. The Balaban J connectivity index is 2.25. The highest BCUT2D eigenvalue weighted by molar-refractivity contribution is 4.56. The first kappa shape index (κ1) is 7.03. The number of hydrogen-bond acceptors (Lipinski definition) is 1. The number of likely N-dealkylation sites (tertiary alicyclic amines) is 1. The van der Waals surface area contributed by atoms with Crippen LogP contribution in [0.2, 0.25) is 0 Å². The minimum Gasteiger partial charge on any atom is -0.393 e. The fourth-order valence-corrected chi connectivity index (χ4v) is 1.32. The molecule has 0 saturated carbocycles. The van der Waals surface area contributed by atoms with Gasteiger partial charge >= 0.3 is 0 Å². The first-order chi connectivity index (χ1) is 4.29. The minimum absolute atomic E-state index is 0.0116. The maximum Gasteiger partial charge on any atom is 0.0793 e. The molecule has 54 valence electrons. The van der Waals surface area contributed by atoms with Crippen molar-refractivity contribution < 1.29 is 10.0 Å². The van der Waals surface area contributed by atoms with E-state index in [1.165, 1.54) is 13.0 Å². The van der Waals surface area contributed by atoms with Gasteiger partial charge in [0.05, 0.1) is 26.2 Å². The van der Waals surface area contributed by atoms with Gasteiger partial charge in [0.15, 0.2) is 0 Å². The molecule has 1 unspecified atom stereocenters. The molecular weight excluding hydrogens is 114 g/mol. The molecule has 2 atom stereocenters. The molecular formula is C7H16NO+. The number of nitrogens with one attached hydrogen (secondary N) is 1. The van der Waals surface area contributed by atoms with E-state index in [4.69, 9.17) is 0 Å². The summed E-state index contributed by atoms with van der Waals surface area (Å²) < 4.78 is 0. The lowest BCUT2D eigenvalue weighted by Crippen LogP contribution is -3.08. The van der Waals surface area contributed by atoms with Crippen molar-refractivity contribution in [2.75, 3.05) is 20.1 Å². The molecule has 2 nitrogen and oxygen atoms in total. The summed E-state index contributed by atoms with van der Waals surface area (Å²) in [6.07, 6.45) is 3.18. The molecule has 0 aromatic heterocycles. The molecule has 0 aliphatic carbocycles. The Hall–Kier alpha value is -0.0800. The number of aliphatic hydroxyl groups excluding tert-OH is 1. The van der Waals surface area contributed by atoms with Crippen LogP contribution in [0.15, 0.2) is 0 Å². The van der Waals surface area contributed by atoms with E-state index in [0.717, 1.165) is 19.4 Å². The van der Waals surface area contributed by atoms with Crippen molar-refractivity contribution in [1.82, 2.24) is 0 Å². The second kappa shape index (κ2) is 3.18. The van der Waals surface area contributed by atoms with Gasteiger partial charge in [0.25, 0.3) is 0 Å². The van der Waals surface area contributed by atoms with Gasteiger partial charge in [-0.2, -0.15) is 0 Å². The van der Waals surface area contributed by atoms with Gasteiger partial charge in [-0.25, -0.2) is 0 Å². The smallest absolute Gasteiger partial charge is 0.0793 e. The second-order valence-electron chi connectivity index (χ2n) is 3.04. The van der Waals surface area contributed by atoms with E-state index in [2.05, 4.69) is 7.05 Å². The van der Waals surface area contributed by atoms with Crippen molar-refractivity contribution >= 4 is 0 Å². The molecule has 0 amide bonds. The van der Waals surface area contributed by atoms with E-state index in [9.17, 15) is 5.11 Å².